The van der Waals surface area contributed by atoms with E-state index in [1.54, 1.807) is 6.07 Å². The average molecular weight is 253 g/mol. The highest BCUT2D eigenvalue weighted by Crippen LogP contribution is 2.39. The number of hydrogen-bond donors (Lipinski definition) is 1. The van der Waals surface area contributed by atoms with Crippen LogP contribution in [0.25, 0.3) is 0 Å². The molecule has 2 N–H and O–H groups in total. The minimum absolute atomic E-state index is 0.176. The zero-order valence-electron chi connectivity index (χ0n) is 10.8. The highest BCUT2D eigenvalue weighted by molar-refractivity contribution is 5.22. The van der Waals surface area contributed by atoms with Crippen LogP contribution in [-0.2, 0) is 0 Å². The number of hydrogen-bond acceptors (Lipinski definition) is 1. The molecular weight excluding hydrogens is 232 g/mol. The van der Waals surface area contributed by atoms with Gasteiger partial charge >= 0.3 is 0 Å². The van der Waals surface area contributed by atoms with E-state index in [-0.39, 0.29) is 6.04 Å². The van der Waals surface area contributed by atoms with Crippen LogP contribution >= 0.6 is 0 Å². The summed E-state index contributed by atoms with van der Waals surface area (Å²) < 4.78 is 26.2. The maximum atomic E-state index is 13.3. The molecule has 100 valence electrons. The van der Waals surface area contributed by atoms with Gasteiger partial charge in [-0.25, -0.2) is 8.78 Å². The number of halogens is 2. The summed E-state index contributed by atoms with van der Waals surface area (Å²) in [6.07, 6.45) is 5.87. The summed E-state index contributed by atoms with van der Waals surface area (Å²) in [5, 5.41) is 0. The second kappa shape index (κ2) is 5.79. The predicted octanol–water partition coefficient (Wildman–Crippen LogP) is 4.18. The Labute approximate surface area is 107 Å². The number of benzene rings is 1. The molecular formula is C15H21F2N. The molecule has 1 saturated carbocycles. The average Bonchev–Trinajstić information content (AvgIpc) is 2.41. The van der Waals surface area contributed by atoms with Gasteiger partial charge in [-0.2, -0.15) is 0 Å². The minimum Gasteiger partial charge on any atom is -0.324 e. The van der Waals surface area contributed by atoms with Gasteiger partial charge in [0.1, 0.15) is 0 Å². The molecule has 0 heterocycles. The minimum atomic E-state index is -0.804. The Morgan fingerprint density at radius 3 is 2.61 bits per heavy atom. The molecule has 1 fully saturated rings. The second-order valence-corrected chi connectivity index (χ2v) is 5.32. The second-order valence-electron chi connectivity index (χ2n) is 5.32. The lowest BCUT2D eigenvalue weighted by molar-refractivity contribution is 0.196. The molecule has 1 aliphatic rings. The van der Waals surface area contributed by atoms with Gasteiger partial charge in [0.15, 0.2) is 11.6 Å². The highest BCUT2D eigenvalue weighted by atomic mass is 19.2. The van der Waals surface area contributed by atoms with Gasteiger partial charge in [0, 0.05) is 6.04 Å². The Kier molecular flexibility index (Phi) is 4.33. The summed E-state index contributed by atoms with van der Waals surface area (Å²) >= 11 is 0. The third-order valence-corrected chi connectivity index (χ3v) is 4.28. The number of rotatable bonds is 3. The van der Waals surface area contributed by atoms with Crippen molar-refractivity contribution in [2.45, 2.75) is 45.1 Å². The molecule has 1 aliphatic carbocycles. The van der Waals surface area contributed by atoms with Crippen LogP contribution < -0.4 is 5.73 Å². The largest absolute Gasteiger partial charge is 0.324 e. The van der Waals surface area contributed by atoms with E-state index < -0.39 is 11.6 Å². The fourth-order valence-electron chi connectivity index (χ4n) is 3.18. The van der Waals surface area contributed by atoms with E-state index in [0.717, 1.165) is 18.4 Å². The molecule has 3 heteroatoms. The lowest BCUT2D eigenvalue weighted by Gasteiger charge is -2.35. The molecule has 2 rings (SSSR count). The van der Waals surface area contributed by atoms with Crippen molar-refractivity contribution >= 4 is 0 Å². The first-order valence-corrected chi connectivity index (χ1v) is 6.84. The van der Waals surface area contributed by atoms with Gasteiger partial charge < -0.3 is 5.73 Å². The van der Waals surface area contributed by atoms with Crippen LogP contribution in [0, 0.1) is 23.5 Å². The molecule has 0 aliphatic heterocycles. The first kappa shape index (κ1) is 13.5. The zero-order chi connectivity index (χ0) is 13.1. The summed E-state index contributed by atoms with van der Waals surface area (Å²) in [5.74, 6) is -0.594. The van der Waals surface area contributed by atoms with Crippen molar-refractivity contribution in [3.63, 3.8) is 0 Å². The first-order valence-electron chi connectivity index (χ1n) is 6.84. The summed E-state index contributed by atoms with van der Waals surface area (Å²) in [6, 6.07) is 3.87. The van der Waals surface area contributed by atoms with E-state index >= 15 is 0 Å². The molecule has 0 bridgehead atoms. The molecule has 0 amide bonds. The van der Waals surface area contributed by atoms with E-state index in [4.69, 9.17) is 5.73 Å². The zero-order valence-corrected chi connectivity index (χ0v) is 10.8. The van der Waals surface area contributed by atoms with Crippen LogP contribution in [0.15, 0.2) is 18.2 Å². The van der Waals surface area contributed by atoms with Gasteiger partial charge in [0.05, 0.1) is 0 Å². The molecule has 0 saturated heterocycles. The normalized spacial score (nSPS) is 26.0. The molecule has 0 radical (unpaired) electrons. The van der Waals surface area contributed by atoms with Crippen molar-refractivity contribution < 1.29 is 8.78 Å². The van der Waals surface area contributed by atoms with Crippen LogP contribution in [0.2, 0.25) is 0 Å². The van der Waals surface area contributed by atoms with Gasteiger partial charge in [-0.05, 0) is 36.0 Å². The molecule has 3 unspecified atom stereocenters. The SMILES string of the molecule is CCC1CCCCC1C(N)c1ccc(F)c(F)c1. The lowest BCUT2D eigenvalue weighted by Crippen LogP contribution is -2.30. The number of nitrogens with two attached hydrogens (primary N) is 1. The maximum absolute atomic E-state index is 13.3. The van der Waals surface area contributed by atoms with Gasteiger partial charge in [0.25, 0.3) is 0 Å². The molecule has 1 aromatic carbocycles. The van der Waals surface area contributed by atoms with E-state index in [2.05, 4.69) is 6.92 Å². The van der Waals surface area contributed by atoms with E-state index in [9.17, 15) is 8.78 Å². The molecule has 3 atom stereocenters. The van der Waals surface area contributed by atoms with Crippen LogP contribution in [0.1, 0.15) is 50.6 Å². The Morgan fingerprint density at radius 2 is 1.94 bits per heavy atom. The van der Waals surface area contributed by atoms with E-state index in [1.165, 1.54) is 31.4 Å². The van der Waals surface area contributed by atoms with E-state index in [1.807, 2.05) is 0 Å². The third-order valence-electron chi connectivity index (χ3n) is 4.28. The lowest BCUT2D eigenvalue weighted by atomic mass is 9.72. The fourth-order valence-corrected chi connectivity index (χ4v) is 3.18. The molecule has 1 aromatic rings. The van der Waals surface area contributed by atoms with Crippen LogP contribution in [0.5, 0.6) is 0 Å². The molecule has 0 spiro atoms. The monoisotopic (exact) mass is 253 g/mol. The third kappa shape index (κ3) is 2.72. The quantitative estimate of drug-likeness (QED) is 0.859. The van der Waals surface area contributed by atoms with Crippen molar-refractivity contribution in [2.24, 2.45) is 17.6 Å². The van der Waals surface area contributed by atoms with Crippen LogP contribution in [-0.4, -0.2) is 0 Å². The standard InChI is InChI=1S/C15H21F2N/c1-2-10-5-3-4-6-12(10)15(18)11-7-8-13(16)14(17)9-11/h7-10,12,15H,2-6,18H2,1H3. The summed E-state index contributed by atoms with van der Waals surface area (Å²) in [7, 11) is 0. The Bertz CT molecular complexity index is 405. The van der Waals surface area contributed by atoms with Gasteiger partial charge in [-0.1, -0.05) is 38.7 Å². The summed E-state index contributed by atoms with van der Waals surface area (Å²) in [5.41, 5.74) is 6.99. The fraction of sp³-hybridized carbons (Fsp3) is 0.600. The summed E-state index contributed by atoms with van der Waals surface area (Å²) in [4.78, 5) is 0. The van der Waals surface area contributed by atoms with Gasteiger partial charge in [-0.15, -0.1) is 0 Å². The molecule has 18 heavy (non-hydrogen) atoms. The Balaban J connectivity index is 2.18. The van der Waals surface area contributed by atoms with Crippen LogP contribution in [0.3, 0.4) is 0 Å². The van der Waals surface area contributed by atoms with Crippen molar-refractivity contribution in [1.29, 1.82) is 0 Å². The smallest absolute Gasteiger partial charge is 0.159 e. The van der Waals surface area contributed by atoms with Crippen molar-refractivity contribution in [1.82, 2.24) is 0 Å². The van der Waals surface area contributed by atoms with Gasteiger partial charge in [0.2, 0.25) is 0 Å². The van der Waals surface area contributed by atoms with E-state index in [0.29, 0.717) is 11.8 Å². The first-order chi connectivity index (χ1) is 8.63. The van der Waals surface area contributed by atoms with Crippen molar-refractivity contribution in [2.75, 3.05) is 0 Å². The highest BCUT2D eigenvalue weighted by Gasteiger charge is 2.29. The van der Waals surface area contributed by atoms with Crippen molar-refractivity contribution in [3.05, 3.63) is 35.4 Å². The topological polar surface area (TPSA) is 26.0 Å². The Hall–Kier alpha value is -0.960. The van der Waals surface area contributed by atoms with Crippen molar-refractivity contribution in [3.8, 4) is 0 Å². The molecule has 0 aromatic heterocycles. The van der Waals surface area contributed by atoms with Crippen LogP contribution in [0.4, 0.5) is 8.78 Å². The Morgan fingerprint density at radius 1 is 1.22 bits per heavy atom. The maximum Gasteiger partial charge on any atom is 0.159 e. The molecule has 1 nitrogen and oxygen atoms in total. The predicted molar refractivity (Wildman–Crippen MR) is 69.0 cm³/mol. The summed E-state index contributed by atoms with van der Waals surface area (Å²) in [6.45, 7) is 2.18. The van der Waals surface area contributed by atoms with Gasteiger partial charge in [-0.3, -0.25) is 0 Å².